The van der Waals surface area contributed by atoms with Crippen LogP contribution in [-0.2, 0) is 0 Å². The first kappa shape index (κ1) is 12.5. The Morgan fingerprint density at radius 2 is 2.06 bits per heavy atom. The van der Waals surface area contributed by atoms with E-state index in [1.54, 1.807) is 0 Å². The largest absolute Gasteiger partial charge is 0.476 e. The Morgan fingerprint density at radius 3 is 2.61 bits per heavy atom. The van der Waals surface area contributed by atoms with Crippen LogP contribution in [0.2, 0.25) is 5.02 Å². The van der Waals surface area contributed by atoms with Gasteiger partial charge in [-0.3, -0.25) is 0 Å². The van der Waals surface area contributed by atoms with Crippen molar-refractivity contribution in [3.05, 3.63) is 40.2 Å². The van der Waals surface area contributed by atoms with Crippen molar-refractivity contribution in [2.24, 2.45) is 0 Å². The molecule has 0 saturated carbocycles. The van der Waals surface area contributed by atoms with Gasteiger partial charge in [0.1, 0.15) is 17.4 Å². The van der Waals surface area contributed by atoms with Crippen molar-refractivity contribution in [3.63, 3.8) is 0 Å². The maximum atomic E-state index is 13.5. The highest BCUT2D eigenvalue weighted by Gasteiger charge is 2.20. The topological polar surface area (TPSA) is 63.3 Å². The molecule has 2 rings (SSSR count). The van der Waals surface area contributed by atoms with Crippen molar-refractivity contribution in [3.8, 4) is 11.5 Å². The molecule has 0 aliphatic rings. The van der Waals surface area contributed by atoms with Gasteiger partial charge in [-0.15, -0.1) is 0 Å². The number of hydrogen-bond donors (Lipinski definition) is 1. The number of carbonyl (C=O) groups is 1. The van der Waals surface area contributed by atoms with E-state index in [0.29, 0.717) is 6.07 Å². The second kappa shape index (κ2) is 4.38. The van der Waals surface area contributed by atoms with Crippen LogP contribution in [0.4, 0.5) is 8.78 Å². The van der Waals surface area contributed by atoms with Gasteiger partial charge in [0, 0.05) is 6.07 Å². The van der Waals surface area contributed by atoms with Gasteiger partial charge in [0.2, 0.25) is 5.89 Å². The summed E-state index contributed by atoms with van der Waals surface area (Å²) in [5, 5.41) is 8.49. The fourth-order valence-corrected chi connectivity index (χ4v) is 1.56. The Bertz CT molecular complexity index is 639. The summed E-state index contributed by atoms with van der Waals surface area (Å²) in [7, 11) is 0. The summed E-state index contributed by atoms with van der Waals surface area (Å²) in [5.41, 5.74) is -0.526. The van der Waals surface area contributed by atoms with Crippen LogP contribution < -0.4 is 0 Å². The molecule has 4 nitrogen and oxygen atoms in total. The summed E-state index contributed by atoms with van der Waals surface area (Å²) >= 11 is 5.52. The lowest BCUT2D eigenvalue weighted by molar-refractivity contribution is 0.0689. The predicted octanol–water partition coefficient (Wildman–Crippen LogP) is 3.28. The zero-order valence-electron chi connectivity index (χ0n) is 9.00. The summed E-state index contributed by atoms with van der Waals surface area (Å²) in [6, 6.07) is 1.57. The minimum Gasteiger partial charge on any atom is -0.476 e. The zero-order valence-corrected chi connectivity index (χ0v) is 9.76. The van der Waals surface area contributed by atoms with E-state index < -0.39 is 17.6 Å². The molecule has 0 bridgehead atoms. The lowest BCUT2D eigenvalue weighted by atomic mass is 10.2. The zero-order chi connectivity index (χ0) is 13.4. The van der Waals surface area contributed by atoms with E-state index in [2.05, 4.69) is 4.98 Å². The van der Waals surface area contributed by atoms with Crippen LogP contribution >= 0.6 is 11.6 Å². The smallest absolute Gasteiger partial charge is 0.358 e. The van der Waals surface area contributed by atoms with Gasteiger partial charge in [-0.05, 0) is 13.0 Å². The van der Waals surface area contributed by atoms with Crippen molar-refractivity contribution >= 4 is 17.6 Å². The van der Waals surface area contributed by atoms with Gasteiger partial charge in [0.25, 0.3) is 0 Å². The Hall–Kier alpha value is -1.95. The number of nitrogens with zero attached hydrogens (tertiary/aromatic N) is 1. The number of aromatic carboxylic acids is 1. The van der Waals surface area contributed by atoms with E-state index in [4.69, 9.17) is 21.1 Å². The van der Waals surface area contributed by atoms with Crippen LogP contribution in [0.15, 0.2) is 16.5 Å². The lowest BCUT2D eigenvalue weighted by Gasteiger charge is -2.00. The molecule has 94 valence electrons. The monoisotopic (exact) mass is 273 g/mol. The summed E-state index contributed by atoms with van der Waals surface area (Å²) < 4.78 is 31.5. The average molecular weight is 274 g/mol. The third-order valence-electron chi connectivity index (χ3n) is 2.24. The second-order valence-electron chi connectivity index (χ2n) is 3.48. The number of aryl methyl sites for hydroxylation is 1. The first-order chi connectivity index (χ1) is 8.40. The molecular weight excluding hydrogens is 268 g/mol. The highest BCUT2D eigenvalue weighted by molar-refractivity contribution is 6.31. The molecule has 0 atom stereocenters. The summed E-state index contributed by atoms with van der Waals surface area (Å²) in [4.78, 5) is 14.4. The molecule has 1 N–H and O–H groups in total. The highest BCUT2D eigenvalue weighted by Crippen LogP contribution is 2.28. The summed E-state index contributed by atoms with van der Waals surface area (Å²) in [6.45, 7) is 1.38. The van der Waals surface area contributed by atoms with Crippen LogP contribution in [0, 0.1) is 18.6 Å². The van der Waals surface area contributed by atoms with Crippen molar-refractivity contribution in [2.75, 3.05) is 0 Å². The standard InChI is InChI=1S/C11H6ClF2NO3/c1-4-9(11(16)17)15-10(18-4)5-2-6(12)8(14)3-7(5)13/h2-3H,1H3,(H,16,17). The molecule has 18 heavy (non-hydrogen) atoms. The molecule has 0 radical (unpaired) electrons. The molecule has 0 aliphatic heterocycles. The van der Waals surface area contributed by atoms with Gasteiger partial charge in [-0.1, -0.05) is 11.6 Å². The number of oxazole rings is 1. The van der Waals surface area contributed by atoms with Crippen LogP contribution in [0.25, 0.3) is 11.5 Å². The second-order valence-corrected chi connectivity index (χ2v) is 3.88. The van der Waals surface area contributed by atoms with E-state index in [0.717, 1.165) is 6.07 Å². The van der Waals surface area contributed by atoms with Crippen molar-refractivity contribution in [1.82, 2.24) is 4.98 Å². The lowest BCUT2D eigenvalue weighted by Crippen LogP contribution is -1.98. The minimum atomic E-state index is -1.30. The van der Waals surface area contributed by atoms with E-state index in [9.17, 15) is 13.6 Å². The van der Waals surface area contributed by atoms with Gasteiger partial charge in [-0.25, -0.2) is 18.6 Å². The number of carboxylic acids is 1. The molecule has 0 saturated heterocycles. The molecule has 1 heterocycles. The molecular formula is C11H6ClF2NO3. The van der Waals surface area contributed by atoms with Gasteiger partial charge >= 0.3 is 5.97 Å². The van der Waals surface area contributed by atoms with Crippen molar-refractivity contribution < 1.29 is 23.1 Å². The average Bonchev–Trinajstić information content (AvgIpc) is 2.65. The molecule has 7 heteroatoms. The van der Waals surface area contributed by atoms with E-state index in [-0.39, 0.29) is 27.9 Å². The van der Waals surface area contributed by atoms with Gasteiger partial charge in [-0.2, -0.15) is 0 Å². The molecule has 0 aliphatic carbocycles. The van der Waals surface area contributed by atoms with Crippen LogP contribution in [-0.4, -0.2) is 16.1 Å². The summed E-state index contributed by atoms with van der Waals surface area (Å²) in [5.74, 6) is -3.38. The highest BCUT2D eigenvalue weighted by atomic mass is 35.5. The van der Waals surface area contributed by atoms with Crippen LogP contribution in [0.3, 0.4) is 0 Å². The van der Waals surface area contributed by atoms with Gasteiger partial charge in [0.05, 0.1) is 10.6 Å². The van der Waals surface area contributed by atoms with E-state index >= 15 is 0 Å². The third-order valence-corrected chi connectivity index (χ3v) is 2.53. The number of benzene rings is 1. The number of aromatic nitrogens is 1. The fourth-order valence-electron chi connectivity index (χ4n) is 1.40. The molecule has 1 aromatic carbocycles. The molecule has 1 aromatic heterocycles. The van der Waals surface area contributed by atoms with Gasteiger partial charge in [0.15, 0.2) is 5.69 Å². The molecule has 2 aromatic rings. The number of halogens is 3. The summed E-state index contributed by atoms with van der Waals surface area (Å²) in [6.07, 6.45) is 0. The first-order valence-corrected chi connectivity index (χ1v) is 5.13. The maximum absolute atomic E-state index is 13.5. The molecule has 0 fully saturated rings. The number of rotatable bonds is 2. The van der Waals surface area contributed by atoms with E-state index in [1.807, 2.05) is 0 Å². The van der Waals surface area contributed by atoms with Crippen LogP contribution in [0.5, 0.6) is 0 Å². The van der Waals surface area contributed by atoms with E-state index in [1.165, 1.54) is 6.92 Å². The Labute approximate surface area is 105 Å². The van der Waals surface area contributed by atoms with Crippen molar-refractivity contribution in [1.29, 1.82) is 0 Å². The molecule has 0 spiro atoms. The maximum Gasteiger partial charge on any atom is 0.358 e. The Kier molecular flexibility index (Phi) is 3.04. The quantitative estimate of drug-likeness (QED) is 0.853. The first-order valence-electron chi connectivity index (χ1n) is 4.75. The molecule has 0 unspecified atom stereocenters. The Balaban J connectivity index is 2.59. The van der Waals surface area contributed by atoms with Crippen molar-refractivity contribution in [2.45, 2.75) is 6.92 Å². The normalized spacial score (nSPS) is 10.7. The number of carboxylic acid groups (broad SMARTS) is 1. The van der Waals surface area contributed by atoms with Gasteiger partial charge < -0.3 is 9.52 Å². The number of hydrogen-bond acceptors (Lipinski definition) is 3. The molecule has 0 amide bonds. The Morgan fingerprint density at radius 1 is 1.39 bits per heavy atom. The third kappa shape index (κ3) is 2.06. The predicted molar refractivity (Wildman–Crippen MR) is 58.6 cm³/mol. The minimum absolute atomic E-state index is 0.0253. The fraction of sp³-hybridized carbons (Fsp3) is 0.0909. The van der Waals surface area contributed by atoms with Crippen LogP contribution in [0.1, 0.15) is 16.2 Å². The SMILES string of the molecule is Cc1oc(-c2cc(Cl)c(F)cc2F)nc1C(=O)O.